The third-order valence-electron chi connectivity index (χ3n) is 5.36. The molecule has 0 radical (unpaired) electrons. The van der Waals surface area contributed by atoms with Gasteiger partial charge in [0.2, 0.25) is 0 Å². The molecule has 3 aromatic carbocycles. The molecular weight excluding hydrogens is 576 g/mol. The van der Waals surface area contributed by atoms with E-state index in [4.69, 9.17) is 11.6 Å². The number of para-hydroxylation sites is 1. The zero-order chi connectivity index (χ0) is 26.4. The van der Waals surface area contributed by atoms with E-state index in [0.717, 1.165) is 21.4 Å². The fourth-order valence-electron chi connectivity index (χ4n) is 3.42. The second-order valence-electron chi connectivity index (χ2n) is 8.08. The zero-order valence-corrected chi connectivity index (χ0v) is 23.2. The molecule has 0 saturated carbocycles. The second-order valence-corrected chi connectivity index (χ2v) is 10.7. The smallest absolute Gasteiger partial charge is 0.253 e. The van der Waals surface area contributed by atoms with Crippen LogP contribution in [0.1, 0.15) is 23.9 Å². The van der Waals surface area contributed by atoms with Gasteiger partial charge in [-0.05, 0) is 67.9 Å². The quantitative estimate of drug-likeness (QED) is 0.125. The summed E-state index contributed by atoms with van der Waals surface area (Å²) in [7, 11) is 0. The number of thioether (sulfide) groups is 1. The number of aryl methyl sites for hydroxylation is 1. The molecule has 0 aliphatic carbocycles. The summed E-state index contributed by atoms with van der Waals surface area (Å²) in [4.78, 5) is 12.7. The van der Waals surface area contributed by atoms with Crippen LogP contribution in [0, 0.1) is 6.92 Å². The van der Waals surface area contributed by atoms with Crippen molar-refractivity contribution in [3.05, 3.63) is 93.2 Å². The Morgan fingerprint density at radius 2 is 1.97 bits per heavy atom. The van der Waals surface area contributed by atoms with E-state index in [1.807, 2.05) is 60.0 Å². The van der Waals surface area contributed by atoms with E-state index in [1.165, 1.54) is 18.0 Å². The van der Waals surface area contributed by atoms with Crippen molar-refractivity contribution in [2.45, 2.75) is 30.8 Å². The van der Waals surface area contributed by atoms with Crippen molar-refractivity contribution in [1.29, 1.82) is 0 Å². The monoisotopic (exact) mass is 598 g/mol. The standard InChI is InChI=1S/C26H24BrClN6O2S/c1-16-12-20(28)9-10-22(16)29-15-24-31-33-26(34(24)21-6-4-3-5-7-21)37-17(2)25(36)32-30-14-18-13-19(27)8-11-23(18)35/h3-14,17,29,35H,15H2,1-2H3,(H,32,36)/b30-14-/t17-/m1/s1. The first-order valence-corrected chi connectivity index (χ1v) is 13.3. The summed E-state index contributed by atoms with van der Waals surface area (Å²) in [6, 6.07) is 20.4. The van der Waals surface area contributed by atoms with E-state index in [1.54, 1.807) is 25.1 Å². The molecule has 1 heterocycles. The number of hydrogen-bond acceptors (Lipinski definition) is 7. The Labute approximate surface area is 232 Å². The maximum atomic E-state index is 12.7. The van der Waals surface area contributed by atoms with Gasteiger partial charge in [0, 0.05) is 26.4 Å². The highest BCUT2D eigenvalue weighted by Gasteiger charge is 2.21. The first-order chi connectivity index (χ1) is 17.8. The third-order valence-corrected chi connectivity index (χ3v) is 7.13. The molecule has 0 fully saturated rings. The molecule has 8 nitrogen and oxygen atoms in total. The SMILES string of the molecule is Cc1cc(Cl)ccc1NCc1nnc(S[C@H](C)C(=O)N/N=C\c2cc(Br)ccc2O)n1-c1ccccc1. The van der Waals surface area contributed by atoms with Crippen molar-refractivity contribution in [2.24, 2.45) is 5.10 Å². The van der Waals surface area contributed by atoms with Gasteiger partial charge in [0.25, 0.3) is 5.91 Å². The Balaban J connectivity index is 1.49. The number of phenolic OH excluding ortho intramolecular Hbond substituents is 1. The van der Waals surface area contributed by atoms with E-state index in [9.17, 15) is 9.90 Å². The molecule has 0 spiro atoms. The Bertz CT molecular complexity index is 1430. The largest absolute Gasteiger partial charge is 0.507 e. The van der Waals surface area contributed by atoms with Gasteiger partial charge in [-0.25, -0.2) is 5.43 Å². The highest BCUT2D eigenvalue weighted by molar-refractivity contribution is 9.10. The van der Waals surface area contributed by atoms with Gasteiger partial charge in [0.1, 0.15) is 5.75 Å². The number of hydrogen-bond donors (Lipinski definition) is 3. The Morgan fingerprint density at radius 1 is 1.19 bits per heavy atom. The van der Waals surface area contributed by atoms with Gasteiger partial charge in [0.05, 0.1) is 18.0 Å². The van der Waals surface area contributed by atoms with Crippen LogP contribution in [-0.4, -0.2) is 37.2 Å². The Hall–Kier alpha value is -3.34. The summed E-state index contributed by atoms with van der Waals surface area (Å²) in [5.41, 5.74) is 5.86. The van der Waals surface area contributed by atoms with Crippen molar-refractivity contribution in [3.8, 4) is 11.4 Å². The number of carbonyl (C=O) groups excluding carboxylic acids is 1. The summed E-state index contributed by atoms with van der Waals surface area (Å²) >= 11 is 10.7. The Morgan fingerprint density at radius 3 is 2.73 bits per heavy atom. The molecule has 0 unspecified atom stereocenters. The summed E-state index contributed by atoms with van der Waals surface area (Å²) in [6.07, 6.45) is 1.39. The summed E-state index contributed by atoms with van der Waals surface area (Å²) in [5.74, 6) is 0.447. The first kappa shape index (κ1) is 26.7. The van der Waals surface area contributed by atoms with Crippen LogP contribution < -0.4 is 10.7 Å². The molecule has 3 N–H and O–H groups in total. The zero-order valence-electron chi connectivity index (χ0n) is 20.0. The number of phenols is 1. The number of hydrazone groups is 1. The van der Waals surface area contributed by atoms with Crippen molar-refractivity contribution in [1.82, 2.24) is 20.2 Å². The van der Waals surface area contributed by atoms with Gasteiger partial charge in [-0.3, -0.25) is 9.36 Å². The average molecular weight is 600 g/mol. The number of amides is 1. The van der Waals surface area contributed by atoms with Crippen molar-refractivity contribution >= 4 is 57.1 Å². The lowest BCUT2D eigenvalue weighted by atomic mass is 10.2. The molecule has 1 aromatic heterocycles. The van der Waals surface area contributed by atoms with Gasteiger partial charge < -0.3 is 10.4 Å². The minimum absolute atomic E-state index is 0.0644. The normalized spacial score (nSPS) is 12.0. The number of anilines is 1. The van der Waals surface area contributed by atoms with E-state index < -0.39 is 5.25 Å². The van der Waals surface area contributed by atoms with Crippen LogP contribution in [0.15, 0.2) is 81.5 Å². The molecule has 11 heteroatoms. The number of benzene rings is 3. The van der Waals surface area contributed by atoms with Crippen LogP contribution in [0.5, 0.6) is 5.75 Å². The van der Waals surface area contributed by atoms with Gasteiger partial charge in [0.15, 0.2) is 11.0 Å². The number of halogens is 2. The minimum atomic E-state index is -0.515. The van der Waals surface area contributed by atoms with E-state index in [-0.39, 0.29) is 11.7 Å². The van der Waals surface area contributed by atoms with Crippen LogP contribution in [0.4, 0.5) is 5.69 Å². The highest BCUT2D eigenvalue weighted by atomic mass is 79.9. The summed E-state index contributed by atoms with van der Waals surface area (Å²) in [5, 5.41) is 26.8. The van der Waals surface area contributed by atoms with Crippen molar-refractivity contribution in [3.63, 3.8) is 0 Å². The molecule has 0 aliphatic heterocycles. The molecule has 0 bridgehead atoms. The molecular formula is C26H24BrClN6O2S. The maximum Gasteiger partial charge on any atom is 0.253 e. The lowest BCUT2D eigenvalue weighted by Gasteiger charge is -2.14. The molecule has 4 rings (SSSR count). The average Bonchev–Trinajstić information content (AvgIpc) is 3.28. The number of aromatic hydroxyl groups is 1. The van der Waals surface area contributed by atoms with E-state index in [2.05, 4.69) is 42.0 Å². The fourth-order valence-corrected chi connectivity index (χ4v) is 4.91. The molecule has 1 atom stereocenters. The molecule has 190 valence electrons. The van der Waals surface area contributed by atoms with Crippen LogP contribution in [0.25, 0.3) is 5.69 Å². The molecule has 4 aromatic rings. The van der Waals surface area contributed by atoms with Crippen LogP contribution in [0.2, 0.25) is 5.02 Å². The molecule has 0 saturated heterocycles. The van der Waals surface area contributed by atoms with Crippen LogP contribution in [0.3, 0.4) is 0 Å². The molecule has 0 aliphatic rings. The first-order valence-electron chi connectivity index (χ1n) is 11.3. The predicted octanol–water partition coefficient (Wildman–Crippen LogP) is 5.94. The number of carbonyl (C=O) groups is 1. The predicted molar refractivity (Wildman–Crippen MR) is 152 cm³/mol. The Kier molecular flexibility index (Phi) is 8.86. The van der Waals surface area contributed by atoms with Crippen LogP contribution in [-0.2, 0) is 11.3 Å². The lowest BCUT2D eigenvalue weighted by molar-refractivity contribution is -0.120. The second kappa shape index (κ2) is 12.3. The fraction of sp³-hybridized carbons (Fsp3) is 0.154. The van der Waals surface area contributed by atoms with Gasteiger partial charge >= 0.3 is 0 Å². The van der Waals surface area contributed by atoms with E-state index >= 15 is 0 Å². The number of aromatic nitrogens is 3. The number of rotatable bonds is 9. The topological polar surface area (TPSA) is 104 Å². The molecule has 1 amide bonds. The molecule has 37 heavy (non-hydrogen) atoms. The van der Waals surface area contributed by atoms with Crippen LogP contribution >= 0.6 is 39.3 Å². The van der Waals surface area contributed by atoms with Gasteiger partial charge in [-0.15, -0.1) is 10.2 Å². The number of nitrogens with one attached hydrogen (secondary N) is 2. The van der Waals surface area contributed by atoms with Crippen molar-refractivity contribution in [2.75, 3.05) is 5.32 Å². The number of nitrogens with zero attached hydrogens (tertiary/aromatic N) is 4. The summed E-state index contributed by atoms with van der Waals surface area (Å²) in [6.45, 7) is 4.18. The van der Waals surface area contributed by atoms with Crippen molar-refractivity contribution < 1.29 is 9.90 Å². The maximum absolute atomic E-state index is 12.7. The summed E-state index contributed by atoms with van der Waals surface area (Å²) < 4.78 is 2.72. The minimum Gasteiger partial charge on any atom is -0.507 e. The van der Waals surface area contributed by atoms with Gasteiger partial charge in [-0.1, -0.05) is 57.5 Å². The highest BCUT2D eigenvalue weighted by Crippen LogP contribution is 2.27. The lowest BCUT2D eigenvalue weighted by Crippen LogP contribution is -2.27. The third kappa shape index (κ3) is 6.91. The van der Waals surface area contributed by atoms with E-state index in [0.29, 0.717) is 28.1 Å². The van der Waals surface area contributed by atoms with Gasteiger partial charge in [-0.2, -0.15) is 5.10 Å².